The Balaban J connectivity index is 1.43. The molecule has 0 amide bonds. The third-order valence-electron chi connectivity index (χ3n) is 4.34. The fraction of sp³-hybridized carbons (Fsp3) is 0.625. The zero-order chi connectivity index (χ0) is 13.2. The van der Waals surface area contributed by atoms with E-state index in [2.05, 4.69) is 51.3 Å². The highest BCUT2D eigenvalue weighted by Gasteiger charge is 2.33. The van der Waals surface area contributed by atoms with Crippen molar-refractivity contribution in [2.45, 2.75) is 38.8 Å². The summed E-state index contributed by atoms with van der Waals surface area (Å²) < 4.78 is 1.23. The molecule has 1 aromatic rings. The van der Waals surface area contributed by atoms with Crippen molar-refractivity contribution in [3.8, 4) is 0 Å². The normalized spacial score (nSPS) is 24.0. The van der Waals surface area contributed by atoms with Gasteiger partial charge in [0.15, 0.2) is 0 Å². The van der Waals surface area contributed by atoms with Crippen LogP contribution in [0.5, 0.6) is 0 Å². The van der Waals surface area contributed by atoms with E-state index in [1.165, 1.54) is 48.0 Å². The van der Waals surface area contributed by atoms with Crippen LogP contribution in [0.1, 0.15) is 30.4 Å². The smallest absolute Gasteiger partial charge is 0.0222 e. The van der Waals surface area contributed by atoms with Crippen LogP contribution in [0.15, 0.2) is 22.7 Å². The predicted octanol–water partition coefficient (Wildman–Crippen LogP) is 3.33. The maximum atomic E-state index is 3.65. The zero-order valence-electron chi connectivity index (χ0n) is 11.7. The van der Waals surface area contributed by atoms with Crippen molar-refractivity contribution in [1.29, 1.82) is 0 Å². The minimum absolute atomic E-state index is 0.852. The molecule has 2 nitrogen and oxygen atoms in total. The van der Waals surface area contributed by atoms with Gasteiger partial charge in [-0.2, -0.15) is 0 Å². The summed E-state index contributed by atoms with van der Waals surface area (Å²) in [7, 11) is 0. The Kier molecular flexibility index (Phi) is 4.25. The lowest BCUT2D eigenvalue weighted by atomic mass is 10.1. The second-order valence-corrected chi connectivity index (χ2v) is 6.96. The molecule has 3 heteroatoms. The highest BCUT2D eigenvalue weighted by Crippen LogP contribution is 2.31. The minimum atomic E-state index is 0.852. The molecule has 0 bridgehead atoms. The molecular weight excluding hydrogens is 300 g/mol. The van der Waals surface area contributed by atoms with Gasteiger partial charge < -0.3 is 10.2 Å². The SMILES string of the molecule is Cc1ccc(CNCC2CCN(C3CC3)C2)c(Br)c1. The Morgan fingerprint density at radius 1 is 1.32 bits per heavy atom. The van der Waals surface area contributed by atoms with Crippen LogP contribution in [0.4, 0.5) is 0 Å². The summed E-state index contributed by atoms with van der Waals surface area (Å²) in [6.45, 7) is 6.90. The highest BCUT2D eigenvalue weighted by atomic mass is 79.9. The summed E-state index contributed by atoms with van der Waals surface area (Å²) in [6, 6.07) is 7.54. The standard InChI is InChI=1S/C16H23BrN2/c1-12-2-3-14(16(17)8-12)10-18-9-13-6-7-19(11-13)15-4-5-15/h2-3,8,13,15,18H,4-7,9-11H2,1H3. The molecular formula is C16H23BrN2. The third-order valence-corrected chi connectivity index (χ3v) is 5.08. The Morgan fingerprint density at radius 3 is 2.89 bits per heavy atom. The van der Waals surface area contributed by atoms with E-state index in [0.717, 1.165) is 25.0 Å². The molecule has 19 heavy (non-hydrogen) atoms. The molecule has 1 unspecified atom stereocenters. The fourth-order valence-electron chi connectivity index (χ4n) is 3.01. The number of halogens is 1. The Morgan fingerprint density at radius 2 is 2.16 bits per heavy atom. The van der Waals surface area contributed by atoms with Crippen molar-refractivity contribution in [3.05, 3.63) is 33.8 Å². The van der Waals surface area contributed by atoms with Gasteiger partial charge in [0.1, 0.15) is 0 Å². The van der Waals surface area contributed by atoms with Gasteiger partial charge in [0.25, 0.3) is 0 Å². The van der Waals surface area contributed by atoms with Crippen LogP contribution < -0.4 is 5.32 Å². The summed E-state index contributed by atoms with van der Waals surface area (Å²) in [6.07, 6.45) is 4.26. The quantitative estimate of drug-likeness (QED) is 0.894. The van der Waals surface area contributed by atoms with Crippen molar-refractivity contribution in [2.24, 2.45) is 5.92 Å². The Labute approximate surface area is 124 Å². The fourth-order valence-corrected chi connectivity index (χ4v) is 3.64. The Hall–Kier alpha value is -0.380. The van der Waals surface area contributed by atoms with Crippen molar-refractivity contribution in [3.63, 3.8) is 0 Å². The molecule has 104 valence electrons. The van der Waals surface area contributed by atoms with Crippen LogP contribution >= 0.6 is 15.9 Å². The van der Waals surface area contributed by atoms with Crippen LogP contribution in [0, 0.1) is 12.8 Å². The van der Waals surface area contributed by atoms with E-state index in [4.69, 9.17) is 0 Å². The van der Waals surface area contributed by atoms with Crippen molar-refractivity contribution < 1.29 is 0 Å². The maximum absolute atomic E-state index is 3.65. The molecule has 1 atom stereocenters. The summed E-state index contributed by atoms with van der Waals surface area (Å²) in [5.74, 6) is 0.852. The number of benzene rings is 1. The van der Waals surface area contributed by atoms with Gasteiger partial charge in [0, 0.05) is 23.6 Å². The first-order valence-corrected chi connectivity index (χ1v) is 8.21. The van der Waals surface area contributed by atoms with Gasteiger partial charge in [-0.3, -0.25) is 0 Å². The van der Waals surface area contributed by atoms with Gasteiger partial charge in [-0.1, -0.05) is 28.1 Å². The number of hydrogen-bond donors (Lipinski definition) is 1. The molecule has 1 N–H and O–H groups in total. The topological polar surface area (TPSA) is 15.3 Å². The minimum Gasteiger partial charge on any atom is -0.312 e. The van der Waals surface area contributed by atoms with Gasteiger partial charge in [-0.05, 0) is 62.4 Å². The van der Waals surface area contributed by atoms with E-state index in [9.17, 15) is 0 Å². The van der Waals surface area contributed by atoms with E-state index in [0.29, 0.717) is 0 Å². The van der Waals surface area contributed by atoms with E-state index in [1.807, 2.05) is 0 Å². The first-order chi connectivity index (χ1) is 9.22. The first-order valence-electron chi connectivity index (χ1n) is 7.42. The number of likely N-dealkylation sites (tertiary alicyclic amines) is 1. The predicted molar refractivity (Wildman–Crippen MR) is 83.3 cm³/mol. The first kappa shape index (κ1) is 13.6. The summed E-state index contributed by atoms with van der Waals surface area (Å²) >= 11 is 3.65. The number of rotatable bonds is 5. The molecule has 1 aliphatic heterocycles. The molecule has 1 heterocycles. The molecule has 1 saturated heterocycles. The summed E-state index contributed by atoms with van der Waals surface area (Å²) in [5, 5.41) is 3.63. The van der Waals surface area contributed by atoms with Crippen molar-refractivity contribution in [2.75, 3.05) is 19.6 Å². The van der Waals surface area contributed by atoms with E-state index >= 15 is 0 Å². The lowest BCUT2D eigenvalue weighted by Crippen LogP contribution is -2.27. The zero-order valence-corrected chi connectivity index (χ0v) is 13.2. The summed E-state index contributed by atoms with van der Waals surface area (Å²) in [4.78, 5) is 2.69. The number of hydrogen-bond acceptors (Lipinski definition) is 2. The third kappa shape index (κ3) is 3.59. The molecule has 2 fully saturated rings. The second-order valence-electron chi connectivity index (χ2n) is 6.11. The molecule has 0 spiro atoms. The van der Waals surface area contributed by atoms with Gasteiger partial charge >= 0.3 is 0 Å². The largest absolute Gasteiger partial charge is 0.312 e. The Bertz CT molecular complexity index is 442. The molecule has 0 radical (unpaired) electrons. The average molecular weight is 323 g/mol. The van der Waals surface area contributed by atoms with Gasteiger partial charge in [-0.15, -0.1) is 0 Å². The number of nitrogens with zero attached hydrogens (tertiary/aromatic N) is 1. The van der Waals surface area contributed by atoms with Crippen LogP contribution in [0.2, 0.25) is 0 Å². The highest BCUT2D eigenvalue weighted by molar-refractivity contribution is 9.10. The second kappa shape index (κ2) is 5.94. The molecule has 1 aromatic carbocycles. The van der Waals surface area contributed by atoms with Gasteiger partial charge in [0.2, 0.25) is 0 Å². The molecule has 2 aliphatic rings. The van der Waals surface area contributed by atoms with Crippen LogP contribution in [-0.4, -0.2) is 30.6 Å². The molecule has 1 saturated carbocycles. The molecule has 1 aliphatic carbocycles. The van der Waals surface area contributed by atoms with Crippen LogP contribution in [-0.2, 0) is 6.54 Å². The monoisotopic (exact) mass is 322 g/mol. The lowest BCUT2D eigenvalue weighted by molar-refractivity contribution is 0.312. The van der Waals surface area contributed by atoms with E-state index < -0.39 is 0 Å². The van der Waals surface area contributed by atoms with E-state index in [1.54, 1.807) is 0 Å². The average Bonchev–Trinajstić information content (AvgIpc) is 3.13. The number of aryl methyl sites for hydroxylation is 1. The van der Waals surface area contributed by atoms with Crippen LogP contribution in [0.25, 0.3) is 0 Å². The maximum Gasteiger partial charge on any atom is 0.0222 e. The van der Waals surface area contributed by atoms with Gasteiger partial charge in [0.05, 0.1) is 0 Å². The van der Waals surface area contributed by atoms with Crippen molar-refractivity contribution in [1.82, 2.24) is 10.2 Å². The van der Waals surface area contributed by atoms with Crippen LogP contribution in [0.3, 0.4) is 0 Å². The lowest BCUT2D eigenvalue weighted by Gasteiger charge is -2.15. The van der Waals surface area contributed by atoms with Gasteiger partial charge in [-0.25, -0.2) is 0 Å². The van der Waals surface area contributed by atoms with E-state index in [-0.39, 0.29) is 0 Å². The molecule has 3 rings (SSSR count). The molecule has 0 aromatic heterocycles. The summed E-state index contributed by atoms with van der Waals surface area (Å²) in [5.41, 5.74) is 2.68. The van der Waals surface area contributed by atoms with Crippen molar-refractivity contribution >= 4 is 15.9 Å². The number of nitrogens with one attached hydrogen (secondary N) is 1.